The van der Waals surface area contributed by atoms with Crippen molar-refractivity contribution in [3.05, 3.63) is 23.5 Å². The molecule has 0 aromatic heterocycles. The molecule has 0 unspecified atom stereocenters. The molecule has 1 aliphatic carbocycles. The Bertz CT molecular complexity index is 465. The van der Waals surface area contributed by atoms with Gasteiger partial charge in [0.2, 0.25) is 0 Å². The van der Waals surface area contributed by atoms with Gasteiger partial charge < -0.3 is 19.7 Å². The highest BCUT2D eigenvalue weighted by Gasteiger charge is 2.53. The van der Waals surface area contributed by atoms with Gasteiger partial charge in [0.15, 0.2) is 0 Å². The molecule has 0 aromatic carbocycles. The molecular weight excluding hydrogens is 272 g/mol. The minimum Gasteiger partial charge on any atom is -0.461 e. The van der Waals surface area contributed by atoms with E-state index in [-0.39, 0.29) is 31.0 Å². The molecule has 2 aliphatic rings. The van der Waals surface area contributed by atoms with Crippen LogP contribution in [0.3, 0.4) is 0 Å². The summed E-state index contributed by atoms with van der Waals surface area (Å²) >= 11 is 0. The smallest absolute Gasteiger partial charge is 0.309 e. The molecule has 0 fully saturated rings. The maximum absolute atomic E-state index is 11.9. The number of hydrogen-bond acceptors (Lipinski definition) is 5. The van der Waals surface area contributed by atoms with Crippen LogP contribution in [0.2, 0.25) is 0 Å². The van der Waals surface area contributed by atoms with E-state index in [4.69, 9.17) is 9.47 Å². The van der Waals surface area contributed by atoms with E-state index in [0.29, 0.717) is 12.8 Å². The number of aliphatic hydroxyl groups excluding tert-OH is 2. The van der Waals surface area contributed by atoms with E-state index in [1.165, 1.54) is 6.26 Å². The van der Waals surface area contributed by atoms with Crippen LogP contribution in [-0.2, 0) is 14.3 Å². The third kappa shape index (κ3) is 2.85. The van der Waals surface area contributed by atoms with Crippen LogP contribution in [0.15, 0.2) is 23.5 Å². The van der Waals surface area contributed by atoms with Crippen LogP contribution in [0.1, 0.15) is 33.6 Å². The molecule has 0 saturated heterocycles. The second kappa shape index (κ2) is 6.20. The van der Waals surface area contributed by atoms with Crippen molar-refractivity contribution in [3.63, 3.8) is 0 Å². The van der Waals surface area contributed by atoms with Crippen molar-refractivity contribution < 1.29 is 24.5 Å². The van der Waals surface area contributed by atoms with Gasteiger partial charge in [-0.25, -0.2) is 0 Å². The highest BCUT2D eigenvalue weighted by molar-refractivity contribution is 5.69. The Morgan fingerprint density at radius 1 is 1.48 bits per heavy atom. The Labute approximate surface area is 125 Å². The van der Waals surface area contributed by atoms with Crippen molar-refractivity contribution in [2.75, 3.05) is 13.2 Å². The van der Waals surface area contributed by atoms with Gasteiger partial charge in [-0.15, -0.1) is 0 Å². The number of aliphatic hydroxyl groups is 2. The summed E-state index contributed by atoms with van der Waals surface area (Å²) in [6, 6.07) is 0. The monoisotopic (exact) mass is 296 g/mol. The minimum absolute atomic E-state index is 0.00440. The van der Waals surface area contributed by atoms with E-state index in [0.717, 1.165) is 11.1 Å². The van der Waals surface area contributed by atoms with Gasteiger partial charge >= 0.3 is 5.97 Å². The molecule has 0 saturated carbocycles. The largest absolute Gasteiger partial charge is 0.461 e. The van der Waals surface area contributed by atoms with Gasteiger partial charge in [0.1, 0.15) is 0 Å². The average molecular weight is 296 g/mol. The molecule has 1 aliphatic heterocycles. The fourth-order valence-corrected chi connectivity index (χ4v) is 3.21. The fraction of sp³-hybridized carbons (Fsp3) is 0.688. The van der Waals surface area contributed by atoms with Crippen LogP contribution in [0.5, 0.6) is 0 Å². The Morgan fingerprint density at radius 2 is 2.19 bits per heavy atom. The molecule has 0 amide bonds. The quantitative estimate of drug-likeness (QED) is 0.597. The van der Waals surface area contributed by atoms with E-state index in [9.17, 15) is 15.0 Å². The van der Waals surface area contributed by atoms with E-state index in [1.54, 1.807) is 0 Å². The first-order valence-electron chi connectivity index (χ1n) is 7.38. The molecule has 0 aromatic rings. The summed E-state index contributed by atoms with van der Waals surface area (Å²) in [4.78, 5) is 11.9. The van der Waals surface area contributed by atoms with Gasteiger partial charge in [0.25, 0.3) is 6.29 Å². The molecule has 2 N–H and O–H groups in total. The van der Waals surface area contributed by atoms with Crippen molar-refractivity contribution in [2.24, 2.45) is 17.3 Å². The Balaban J connectivity index is 2.23. The minimum atomic E-state index is -0.759. The number of hydrogen-bond donors (Lipinski definition) is 2. The average Bonchev–Trinajstić information content (AvgIpc) is 2.76. The molecule has 3 atom stereocenters. The van der Waals surface area contributed by atoms with Gasteiger partial charge in [0.05, 0.1) is 24.9 Å². The Hall–Kier alpha value is -1.33. The summed E-state index contributed by atoms with van der Waals surface area (Å²) in [6.07, 6.45) is 3.72. The summed E-state index contributed by atoms with van der Waals surface area (Å²) in [5.74, 6) is -0.0973. The number of carbonyl (C=O) groups is 1. The maximum Gasteiger partial charge on any atom is 0.309 e. The standard InChI is InChI=1S/C16H24O5/c1-10(2)6-14(19)21-15-16(3)12(8-18)4-5-13(16)11(7-17)9-20-15/h4,9-10,13,15,17-18H,5-8H2,1-3H3/t13-,15-,16+/m0/s1. The predicted octanol–water partition coefficient (Wildman–Crippen LogP) is 1.75. The molecule has 5 heteroatoms. The number of carbonyl (C=O) groups excluding carboxylic acids is 1. The lowest BCUT2D eigenvalue weighted by Crippen LogP contribution is -2.46. The zero-order chi connectivity index (χ0) is 15.6. The molecule has 5 nitrogen and oxygen atoms in total. The lowest BCUT2D eigenvalue weighted by molar-refractivity contribution is -0.199. The molecular formula is C16H24O5. The normalized spacial score (nSPS) is 31.3. The number of allylic oxidation sites excluding steroid dienone is 1. The van der Waals surface area contributed by atoms with Crippen LogP contribution in [0, 0.1) is 17.3 Å². The summed E-state index contributed by atoms with van der Waals surface area (Å²) in [6.45, 7) is 5.62. The van der Waals surface area contributed by atoms with Gasteiger partial charge in [-0.1, -0.05) is 19.9 Å². The maximum atomic E-state index is 11.9. The first-order valence-corrected chi connectivity index (χ1v) is 7.38. The first kappa shape index (κ1) is 16.0. The third-order valence-corrected chi connectivity index (χ3v) is 4.46. The number of fused-ring (bicyclic) bond motifs is 1. The predicted molar refractivity (Wildman–Crippen MR) is 77.0 cm³/mol. The molecule has 0 bridgehead atoms. The highest BCUT2D eigenvalue weighted by atomic mass is 16.7. The Kier molecular flexibility index (Phi) is 4.74. The Morgan fingerprint density at radius 3 is 2.76 bits per heavy atom. The van der Waals surface area contributed by atoms with Gasteiger partial charge in [-0.05, 0) is 30.4 Å². The summed E-state index contributed by atoms with van der Waals surface area (Å²) in [7, 11) is 0. The van der Waals surface area contributed by atoms with Gasteiger partial charge in [0, 0.05) is 12.3 Å². The highest BCUT2D eigenvalue weighted by Crippen LogP contribution is 2.52. The SMILES string of the molecule is CC(C)CC(=O)O[C@@H]1OC=C(CO)[C@@H]2CC=C(CO)[C@@]12C. The van der Waals surface area contributed by atoms with E-state index in [1.807, 2.05) is 26.8 Å². The molecule has 118 valence electrons. The van der Waals surface area contributed by atoms with Crippen LogP contribution in [0.25, 0.3) is 0 Å². The number of rotatable bonds is 5. The molecule has 21 heavy (non-hydrogen) atoms. The second-order valence-corrected chi connectivity index (χ2v) is 6.37. The van der Waals surface area contributed by atoms with E-state index in [2.05, 4.69) is 0 Å². The topological polar surface area (TPSA) is 76.0 Å². The third-order valence-electron chi connectivity index (χ3n) is 4.46. The summed E-state index contributed by atoms with van der Waals surface area (Å²) < 4.78 is 11.1. The lowest BCUT2D eigenvalue weighted by Gasteiger charge is -2.43. The van der Waals surface area contributed by atoms with Crippen molar-refractivity contribution >= 4 is 5.97 Å². The van der Waals surface area contributed by atoms with Crippen molar-refractivity contribution in [1.29, 1.82) is 0 Å². The molecule has 1 heterocycles. The molecule has 0 radical (unpaired) electrons. The van der Waals surface area contributed by atoms with Crippen molar-refractivity contribution in [1.82, 2.24) is 0 Å². The van der Waals surface area contributed by atoms with Crippen LogP contribution in [0.4, 0.5) is 0 Å². The van der Waals surface area contributed by atoms with Crippen molar-refractivity contribution in [3.8, 4) is 0 Å². The summed E-state index contributed by atoms with van der Waals surface area (Å²) in [5.41, 5.74) is 0.955. The van der Waals surface area contributed by atoms with Crippen LogP contribution >= 0.6 is 0 Å². The van der Waals surface area contributed by atoms with E-state index < -0.39 is 11.7 Å². The first-order chi connectivity index (χ1) is 9.93. The summed E-state index contributed by atoms with van der Waals surface area (Å²) in [5, 5.41) is 19.0. The lowest BCUT2D eigenvalue weighted by atomic mass is 9.70. The zero-order valence-corrected chi connectivity index (χ0v) is 12.8. The van der Waals surface area contributed by atoms with Gasteiger partial charge in [-0.3, -0.25) is 4.79 Å². The van der Waals surface area contributed by atoms with Crippen LogP contribution in [-0.4, -0.2) is 35.7 Å². The molecule has 2 rings (SSSR count). The van der Waals surface area contributed by atoms with Crippen LogP contribution < -0.4 is 0 Å². The number of ether oxygens (including phenoxy) is 2. The van der Waals surface area contributed by atoms with Gasteiger partial charge in [-0.2, -0.15) is 0 Å². The second-order valence-electron chi connectivity index (χ2n) is 6.37. The fourth-order valence-electron chi connectivity index (χ4n) is 3.21. The van der Waals surface area contributed by atoms with E-state index >= 15 is 0 Å². The zero-order valence-electron chi connectivity index (χ0n) is 12.8. The molecule has 0 spiro atoms. The number of esters is 1. The van der Waals surface area contributed by atoms with Crippen molar-refractivity contribution in [2.45, 2.75) is 39.9 Å².